The van der Waals surface area contributed by atoms with Crippen LogP contribution in [0.4, 0.5) is 4.79 Å². The minimum atomic E-state index is -0.0941. The number of urea groups is 1. The fourth-order valence-electron chi connectivity index (χ4n) is 4.08. The van der Waals surface area contributed by atoms with E-state index in [4.69, 9.17) is 0 Å². The SMILES string of the molecule is CC(C)[C@H](NC(=O)N[C@@H]1CCN(CC2CC2)C1)c1nnc2n1CCC2. The molecule has 1 aromatic rings. The summed E-state index contributed by atoms with van der Waals surface area (Å²) in [5.74, 6) is 3.14. The van der Waals surface area contributed by atoms with Crippen molar-refractivity contribution in [3.63, 3.8) is 0 Å². The fraction of sp³-hybridized carbons (Fsp3) is 0.833. The molecule has 7 heteroatoms. The van der Waals surface area contributed by atoms with Crippen molar-refractivity contribution < 1.29 is 4.79 Å². The van der Waals surface area contributed by atoms with Crippen LogP contribution in [0.25, 0.3) is 0 Å². The number of hydrogen-bond acceptors (Lipinski definition) is 4. The van der Waals surface area contributed by atoms with Gasteiger partial charge in [0, 0.05) is 38.6 Å². The first kappa shape index (κ1) is 16.8. The largest absolute Gasteiger partial charge is 0.334 e. The van der Waals surface area contributed by atoms with E-state index >= 15 is 0 Å². The third kappa shape index (κ3) is 3.81. The van der Waals surface area contributed by atoms with E-state index < -0.39 is 0 Å². The van der Waals surface area contributed by atoms with E-state index in [1.165, 1.54) is 19.4 Å². The summed E-state index contributed by atoms with van der Waals surface area (Å²) in [6.07, 6.45) is 5.92. The van der Waals surface area contributed by atoms with E-state index in [0.717, 1.165) is 56.5 Å². The first-order chi connectivity index (χ1) is 12.1. The molecule has 2 atom stereocenters. The van der Waals surface area contributed by atoms with E-state index in [9.17, 15) is 4.79 Å². The Morgan fingerprint density at radius 1 is 1.24 bits per heavy atom. The fourth-order valence-corrected chi connectivity index (χ4v) is 4.08. The molecule has 0 bridgehead atoms. The summed E-state index contributed by atoms with van der Waals surface area (Å²) >= 11 is 0. The lowest BCUT2D eigenvalue weighted by molar-refractivity contribution is 0.227. The summed E-state index contributed by atoms with van der Waals surface area (Å²) in [6, 6.07) is 0.0892. The van der Waals surface area contributed by atoms with E-state index in [-0.39, 0.29) is 24.0 Å². The molecule has 3 heterocycles. The Balaban J connectivity index is 1.33. The number of rotatable bonds is 6. The van der Waals surface area contributed by atoms with Gasteiger partial charge in [-0.2, -0.15) is 0 Å². The van der Waals surface area contributed by atoms with Crippen LogP contribution in [0, 0.1) is 11.8 Å². The minimum Gasteiger partial charge on any atom is -0.334 e. The summed E-state index contributed by atoms with van der Waals surface area (Å²) < 4.78 is 2.18. The Bertz CT molecular complexity index is 623. The van der Waals surface area contributed by atoms with Crippen molar-refractivity contribution in [2.45, 2.75) is 64.6 Å². The highest BCUT2D eigenvalue weighted by atomic mass is 16.2. The summed E-state index contributed by atoms with van der Waals surface area (Å²) in [5.41, 5.74) is 0. The van der Waals surface area contributed by atoms with Gasteiger partial charge in [0.2, 0.25) is 0 Å². The number of fused-ring (bicyclic) bond motifs is 1. The van der Waals surface area contributed by atoms with Gasteiger partial charge in [0.15, 0.2) is 5.82 Å². The molecule has 25 heavy (non-hydrogen) atoms. The Labute approximate surface area is 149 Å². The maximum absolute atomic E-state index is 12.6. The van der Waals surface area contributed by atoms with Crippen molar-refractivity contribution in [2.75, 3.05) is 19.6 Å². The Morgan fingerprint density at radius 3 is 2.84 bits per heavy atom. The second-order valence-electron chi connectivity index (χ2n) is 8.26. The molecule has 1 saturated heterocycles. The molecule has 2 amide bonds. The normalized spacial score (nSPS) is 24.5. The Kier molecular flexibility index (Phi) is 4.67. The molecule has 1 saturated carbocycles. The Morgan fingerprint density at radius 2 is 2.08 bits per heavy atom. The third-order valence-electron chi connectivity index (χ3n) is 5.69. The van der Waals surface area contributed by atoms with E-state index in [0.29, 0.717) is 0 Å². The highest BCUT2D eigenvalue weighted by Crippen LogP contribution is 2.30. The molecular formula is C18H30N6O. The number of nitrogens with one attached hydrogen (secondary N) is 2. The van der Waals surface area contributed by atoms with Gasteiger partial charge in [-0.05, 0) is 37.5 Å². The summed E-state index contributed by atoms with van der Waals surface area (Å²) in [4.78, 5) is 15.0. The van der Waals surface area contributed by atoms with Gasteiger partial charge in [0.05, 0.1) is 6.04 Å². The number of amides is 2. The average molecular weight is 346 g/mol. The topological polar surface area (TPSA) is 75.1 Å². The second kappa shape index (κ2) is 6.94. The van der Waals surface area contributed by atoms with Crippen LogP contribution in [-0.2, 0) is 13.0 Å². The lowest BCUT2D eigenvalue weighted by atomic mass is 10.0. The number of carbonyl (C=O) groups is 1. The highest BCUT2D eigenvalue weighted by Gasteiger charge is 2.31. The van der Waals surface area contributed by atoms with Gasteiger partial charge in [-0.15, -0.1) is 10.2 Å². The van der Waals surface area contributed by atoms with Gasteiger partial charge in [-0.25, -0.2) is 4.79 Å². The molecule has 0 unspecified atom stereocenters. The number of nitrogens with zero attached hydrogens (tertiary/aromatic N) is 4. The zero-order valence-corrected chi connectivity index (χ0v) is 15.4. The molecular weight excluding hydrogens is 316 g/mol. The standard InChI is InChI=1S/C18H30N6O/c1-12(2)16(17-22-21-15-4-3-8-24(15)17)20-18(25)19-14-7-9-23(11-14)10-13-5-6-13/h12-14,16H,3-11H2,1-2H3,(H2,19,20,25)/t14-,16+/m1/s1. The maximum Gasteiger partial charge on any atom is 0.315 e. The van der Waals surface area contributed by atoms with Crippen LogP contribution in [0.1, 0.15) is 57.2 Å². The minimum absolute atomic E-state index is 0.0766. The molecule has 2 fully saturated rings. The zero-order chi connectivity index (χ0) is 17.4. The molecule has 4 rings (SSSR count). The molecule has 3 aliphatic rings. The molecule has 7 nitrogen and oxygen atoms in total. The van der Waals surface area contributed by atoms with Crippen LogP contribution >= 0.6 is 0 Å². The number of carbonyl (C=O) groups excluding carboxylic acids is 1. The Hall–Kier alpha value is -1.63. The molecule has 1 aliphatic carbocycles. The van der Waals surface area contributed by atoms with Crippen LogP contribution in [-0.4, -0.2) is 51.4 Å². The lowest BCUT2D eigenvalue weighted by Crippen LogP contribution is -2.46. The van der Waals surface area contributed by atoms with Gasteiger partial charge in [-0.3, -0.25) is 0 Å². The summed E-state index contributed by atoms with van der Waals surface area (Å²) in [5, 5.41) is 15.0. The highest BCUT2D eigenvalue weighted by molar-refractivity contribution is 5.74. The smallest absolute Gasteiger partial charge is 0.315 e. The molecule has 138 valence electrons. The third-order valence-corrected chi connectivity index (χ3v) is 5.69. The van der Waals surface area contributed by atoms with Crippen LogP contribution in [0.2, 0.25) is 0 Å². The molecule has 2 N–H and O–H groups in total. The number of aromatic nitrogens is 3. The summed E-state index contributed by atoms with van der Waals surface area (Å²) in [6.45, 7) is 8.50. The van der Waals surface area contributed by atoms with Crippen molar-refractivity contribution in [2.24, 2.45) is 11.8 Å². The van der Waals surface area contributed by atoms with Crippen LogP contribution < -0.4 is 10.6 Å². The first-order valence-corrected chi connectivity index (χ1v) is 9.81. The summed E-state index contributed by atoms with van der Waals surface area (Å²) in [7, 11) is 0. The van der Waals surface area contributed by atoms with Gasteiger partial charge in [-0.1, -0.05) is 13.8 Å². The predicted molar refractivity (Wildman–Crippen MR) is 95.2 cm³/mol. The van der Waals surface area contributed by atoms with Crippen molar-refractivity contribution in [3.8, 4) is 0 Å². The predicted octanol–water partition coefficient (Wildman–Crippen LogP) is 1.70. The quantitative estimate of drug-likeness (QED) is 0.822. The van der Waals surface area contributed by atoms with Crippen LogP contribution in [0.15, 0.2) is 0 Å². The maximum atomic E-state index is 12.6. The van der Waals surface area contributed by atoms with Gasteiger partial charge >= 0.3 is 6.03 Å². The lowest BCUT2D eigenvalue weighted by Gasteiger charge is -2.23. The average Bonchev–Trinajstić information content (AvgIpc) is 2.96. The molecule has 0 aromatic carbocycles. The van der Waals surface area contributed by atoms with Gasteiger partial charge in [0.1, 0.15) is 5.82 Å². The van der Waals surface area contributed by atoms with E-state index in [1.807, 2.05) is 0 Å². The van der Waals surface area contributed by atoms with Crippen molar-refractivity contribution in [1.29, 1.82) is 0 Å². The molecule has 1 aromatic heterocycles. The molecule has 0 spiro atoms. The van der Waals surface area contributed by atoms with Crippen molar-refractivity contribution in [1.82, 2.24) is 30.3 Å². The van der Waals surface area contributed by atoms with E-state index in [2.05, 4.69) is 44.1 Å². The van der Waals surface area contributed by atoms with Crippen LogP contribution in [0.3, 0.4) is 0 Å². The van der Waals surface area contributed by atoms with Gasteiger partial charge < -0.3 is 20.1 Å². The number of likely N-dealkylation sites (tertiary alicyclic amines) is 1. The molecule has 0 radical (unpaired) electrons. The zero-order valence-electron chi connectivity index (χ0n) is 15.4. The second-order valence-corrected chi connectivity index (χ2v) is 8.26. The number of aryl methyl sites for hydroxylation is 1. The molecule has 2 aliphatic heterocycles. The monoisotopic (exact) mass is 346 g/mol. The number of hydrogen-bond donors (Lipinski definition) is 2. The van der Waals surface area contributed by atoms with Gasteiger partial charge in [0.25, 0.3) is 0 Å². The van der Waals surface area contributed by atoms with Crippen molar-refractivity contribution >= 4 is 6.03 Å². The first-order valence-electron chi connectivity index (χ1n) is 9.81. The van der Waals surface area contributed by atoms with Crippen LogP contribution in [0.5, 0.6) is 0 Å². The van der Waals surface area contributed by atoms with Crippen molar-refractivity contribution in [3.05, 3.63) is 11.6 Å². The van der Waals surface area contributed by atoms with E-state index in [1.54, 1.807) is 0 Å².